The summed E-state index contributed by atoms with van der Waals surface area (Å²) < 4.78 is 5.31. The number of anilines is 1. The van der Waals surface area contributed by atoms with Crippen LogP contribution in [0.25, 0.3) is 0 Å². The normalized spacial score (nSPS) is 10.9. The number of hydroxylamine groups is 1. The lowest BCUT2D eigenvalue weighted by Crippen LogP contribution is -2.34. The molecule has 0 spiro atoms. The first-order valence-electron chi connectivity index (χ1n) is 8.29. The molecule has 6 nitrogen and oxygen atoms in total. The van der Waals surface area contributed by atoms with E-state index in [-0.39, 0.29) is 12.5 Å². The smallest absolute Gasteiger partial charge is 0.414 e. The van der Waals surface area contributed by atoms with E-state index in [1.54, 1.807) is 31.3 Å². The van der Waals surface area contributed by atoms with E-state index in [0.29, 0.717) is 11.3 Å². The third-order valence-corrected chi connectivity index (χ3v) is 3.43. The molecule has 2 amide bonds. The predicted octanol–water partition coefficient (Wildman–Crippen LogP) is 3.92. The van der Waals surface area contributed by atoms with Gasteiger partial charge in [0.05, 0.1) is 6.61 Å². The number of carbonyl (C=O) groups excluding carboxylic acids is 2. The van der Waals surface area contributed by atoms with E-state index >= 15 is 0 Å². The van der Waals surface area contributed by atoms with E-state index in [9.17, 15) is 9.59 Å². The van der Waals surface area contributed by atoms with Crippen LogP contribution in [0.1, 0.15) is 36.7 Å². The highest BCUT2D eigenvalue weighted by atomic mass is 16.6. The van der Waals surface area contributed by atoms with Gasteiger partial charge in [-0.15, -0.1) is 0 Å². The Hall–Kier alpha value is -2.86. The van der Waals surface area contributed by atoms with Gasteiger partial charge in [-0.2, -0.15) is 0 Å². The fraction of sp³-hybridized carbons (Fsp3) is 0.300. The summed E-state index contributed by atoms with van der Waals surface area (Å²) in [6.45, 7) is 5.71. The zero-order valence-corrected chi connectivity index (χ0v) is 15.5. The Morgan fingerprint density at radius 2 is 1.62 bits per heavy atom. The van der Waals surface area contributed by atoms with Crippen molar-refractivity contribution >= 4 is 17.7 Å². The van der Waals surface area contributed by atoms with Crippen molar-refractivity contribution in [3.8, 4) is 0 Å². The molecular weight excluding hydrogens is 332 g/mol. The van der Waals surface area contributed by atoms with Crippen molar-refractivity contribution in [2.75, 3.05) is 11.9 Å². The Kier molecular flexibility index (Phi) is 6.36. The molecule has 2 aromatic rings. The number of rotatable bonds is 5. The number of benzene rings is 2. The zero-order valence-electron chi connectivity index (χ0n) is 15.5. The van der Waals surface area contributed by atoms with E-state index in [2.05, 4.69) is 5.48 Å². The maximum atomic E-state index is 12.1. The molecular formula is C20H24N2O4. The first kappa shape index (κ1) is 19.5. The number of hydrogen-bond donors (Lipinski definition) is 1. The quantitative estimate of drug-likeness (QED) is 0.825. The van der Waals surface area contributed by atoms with Crippen LogP contribution in [0, 0.1) is 0 Å². The van der Waals surface area contributed by atoms with Gasteiger partial charge in [0, 0.05) is 18.3 Å². The third-order valence-electron chi connectivity index (χ3n) is 3.43. The van der Waals surface area contributed by atoms with Crippen molar-refractivity contribution in [1.82, 2.24) is 5.48 Å². The molecule has 0 aliphatic heterocycles. The van der Waals surface area contributed by atoms with Crippen LogP contribution in [-0.4, -0.2) is 24.6 Å². The van der Waals surface area contributed by atoms with Crippen LogP contribution in [0.3, 0.4) is 0 Å². The maximum absolute atomic E-state index is 12.1. The van der Waals surface area contributed by atoms with Crippen molar-refractivity contribution < 1.29 is 19.2 Å². The topological polar surface area (TPSA) is 67.9 Å². The molecule has 138 valence electrons. The summed E-state index contributed by atoms with van der Waals surface area (Å²) in [5.74, 6) is -0.354. The molecule has 0 atom stereocenters. The molecule has 0 bridgehead atoms. The molecule has 0 aliphatic carbocycles. The molecule has 0 aromatic heterocycles. The first-order chi connectivity index (χ1) is 12.3. The van der Waals surface area contributed by atoms with Crippen molar-refractivity contribution in [2.45, 2.75) is 33.0 Å². The Morgan fingerprint density at radius 3 is 2.19 bits per heavy atom. The minimum atomic E-state index is -0.568. The molecule has 2 aromatic carbocycles. The van der Waals surface area contributed by atoms with Crippen LogP contribution in [0.15, 0.2) is 54.6 Å². The number of amides is 2. The fourth-order valence-electron chi connectivity index (χ4n) is 2.09. The van der Waals surface area contributed by atoms with Gasteiger partial charge in [0.15, 0.2) is 0 Å². The molecule has 6 heteroatoms. The number of hydrogen-bond acceptors (Lipinski definition) is 4. The first-order valence-corrected chi connectivity index (χ1v) is 8.29. The molecule has 26 heavy (non-hydrogen) atoms. The highest BCUT2D eigenvalue weighted by Crippen LogP contribution is 2.17. The second-order valence-electron chi connectivity index (χ2n) is 6.79. The van der Waals surface area contributed by atoms with Gasteiger partial charge in [-0.05, 0) is 50.6 Å². The molecule has 0 unspecified atom stereocenters. The molecule has 0 saturated heterocycles. The number of ether oxygens (including phenoxy) is 1. The maximum Gasteiger partial charge on any atom is 0.414 e. The summed E-state index contributed by atoms with van der Waals surface area (Å²) in [4.78, 5) is 30.8. The molecule has 0 radical (unpaired) electrons. The van der Waals surface area contributed by atoms with Crippen molar-refractivity contribution in [1.29, 1.82) is 0 Å². The summed E-state index contributed by atoms with van der Waals surface area (Å²) in [6.07, 6.45) is -0.458. The van der Waals surface area contributed by atoms with E-state index in [4.69, 9.17) is 9.57 Å². The van der Waals surface area contributed by atoms with Crippen LogP contribution in [0.5, 0.6) is 0 Å². The van der Waals surface area contributed by atoms with Crippen LogP contribution < -0.4 is 10.4 Å². The Morgan fingerprint density at radius 1 is 1.00 bits per heavy atom. The van der Waals surface area contributed by atoms with Crippen molar-refractivity contribution in [3.05, 3.63) is 65.7 Å². The van der Waals surface area contributed by atoms with Gasteiger partial charge in [-0.25, -0.2) is 10.3 Å². The van der Waals surface area contributed by atoms with Gasteiger partial charge in [-0.3, -0.25) is 14.5 Å². The Labute approximate surface area is 153 Å². The van der Waals surface area contributed by atoms with E-state index in [0.717, 1.165) is 5.56 Å². The molecule has 0 saturated carbocycles. The summed E-state index contributed by atoms with van der Waals surface area (Å²) in [6, 6.07) is 16.1. The van der Waals surface area contributed by atoms with E-state index in [1.807, 2.05) is 51.1 Å². The van der Waals surface area contributed by atoms with E-state index in [1.165, 1.54) is 4.90 Å². The summed E-state index contributed by atoms with van der Waals surface area (Å²) in [5.41, 5.74) is 3.85. The number of carbonyl (C=O) groups is 2. The fourth-order valence-corrected chi connectivity index (χ4v) is 2.09. The Balaban J connectivity index is 1.89. The second-order valence-corrected chi connectivity index (χ2v) is 6.79. The average molecular weight is 356 g/mol. The SMILES string of the molecule is CN(C(=O)OC(C)(C)C)c1ccc(C(=O)NOCc2ccccc2)cc1. The van der Waals surface area contributed by atoms with Crippen molar-refractivity contribution in [3.63, 3.8) is 0 Å². The second kappa shape index (κ2) is 8.49. The lowest BCUT2D eigenvalue weighted by atomic mass is 10.2. The lowest BCUT2D eigenvalue weighted by Gasteiger charge is -2.24. The molecule has 0 fully saturated rings. The van der Waals surface area contributed by atoms with Crippen LogP contribution in [0.2, 0.25) is 0 Å². The van der Waals surface area contributed by atoms with E-state index < -0.39 is 11.7 Å². The number of nitrogens with one attached hydrogen (secondary N) is 1. The molecule has 0 aliphatic rings. The average Bonchev–Trinajstić information content (AvgIpc) is 2.60. The van der Waals surface area contributed by atoms with Crippen LogP contribution in [-0.2, 0) is 16.2 Å². The Bertz CT molecular complexity index is 737. The van der Waals surface area contributed by atoms with Gasteiger partial charge in [-0.1, -0.05) is 30.3 Å². The minimum absolute atomic E-state index is 0.284. The lowest BCUT2D eigenvalue weighted by molar-refractivity contribution is 0.0233. The minimum Gasteiger partial charge on any atom is -0.443 e. The largest absolute Gasteiger partial charge is 0.443 e. The van der Waals surface area contributed by atoms with Crippen LogP contribution in [0.4, 0.5) is 10.5 Å². The molecule has 2 rings (SSSR count). The van der Waals surface area contributed by atoms with Gasteiger partial charge in [0.1, 0.15) is 5.60 Å². The highest BCUT2D eigenvalue weighted by molar-refractivity contribution is 5.94. The van der Waals surface area contributed by atoms with Crippen molar-refractivity contribution in [2.24, 2.45) is 0 Å². The summed E-state index contributed by atoms with van der Waals surface area (Å²) in [5, 5.41) is 0. The van der Waals surface area contributed by atoms with Gasteiger partial charge in [0.25, 0.3) is 5.91 Å². The van der Waals surface area contributed by atoms with Gasteiger partial charge in [0.2, 0.25) is 0 Å². The third kappa shape index (κ3) is 5.89. The summed E-state index contributed by atoms with van der Waals surface area (Å²) >= 11 is 0. The monoisotopic (exact) mass is 356 g/mol. The summed E-state index contributed by atoms with van der Waals surface area (Å²) in [7, 11) is 1.62. The standard InChI is InChI=1S/C20H24N2O4/c1-20(2,3)26-19(24)22(4)17-12-10-16(11-13-17)18(23)21-25-14-15-8-6-5-7-9-15/h5-13H,14H2,1-4H3,(H,21,23). The van der Waals surface area contributed by atoms with Crippen LogP contribution >= 0.6 is 0 Å². The zero-order chi connectivity index (χ0) is 19.2. The highest BCUT2D eigenvalue weighted by Gasteiger charge is 2.20. The molecule has 0 heterocycles. The van der Waals surface area contributed by atoms with Gasteiger partial charge >= 0.3 is 6.09 Å². The molecule has 1 N–H and O–H groups in total. The van der Waals surface area contributed by atoms with Gasteiger partial charge < -0.3 is 4.74 Å². The number of nitrogens with zero attached hydrogens (tertiary/aromatic N) is 1. The predicted molar refractivity (Wildman–Crippen MR) is 99.8 cm³/mol.